The molecule has 0 N–H and O–H groups in total. The third kappa shape index (κ3) is 4.80. The number of hydrogen-bond acceptors (Lipinski definition) is 3. The maximum Gasteiger partial charge on any atom is 0.191 e. The molecule has 0 aromatic heterocycles. The average molecular weight is 315 g/mol. The van der Waals surface area contributed by atoms with E-state index in [9.17, 15) is 0 Å². The molecule has 0 amide bonds. The van der Waals surface area contributed by atoms with Crippen LogP contribution in [0.15, 0.2) is 29.3 Å². The van der Waals surface area contributed by atoms with Gasteiger partial charge in [0, 0.05) is 23.2 Å². The van der Waals surface area contributed by atoms with Crippen LogP contribution in [-0.4, -0.2) is 26.1 Å². The van der Waals surface area contributed by atoms with Gasteiger partial charge in [0.2, 0.25) is 0 Å². The van der Waals surface area contributed by atoms with E-state index in [1.165, 1.54) is 0 Å². The van der Waals surface area contributed by atoms with Crippen molar-refractivity contribution in [2.24, 2.45) is 0 Å². The van der Waals surface area contributed by atoms with Gasteiger partial charge in [0.1, 0.15) is 12.4 Å². The second-order valence-electron chi connectivity index (χ2n) is 3.54. The van der Waals surface area contributed by atoms with Gasteiger partial charge in [-0.25, -0.2) is 0 Å². The molecule has 0 aliphatic heterocycles. The zero-order chi connectivity index (χ0) is 13.4. The molecule has 0 atom stereocenters. The molecule has 0 unspecified atom stereocenters. The van der Waals surface area contributed by atoms with Crippen LogP contribution in [0.3, 0.4) is 0 Å². The molecule has 100 valence electrons. The summed E-state index contributed by atoms with van der Waals surface area (Å²) in [5, 5.41) is 0. The molecule has 3 nitrogen and oxygen atoms in total. The minimum Gasteiger partial charge on any atom is -0.488 e. The van der Waals surface area contributed by atoms with E-state index in [1.54, 1.807) is 6.08 Å². The van der Waals surface area contributed by atoms with E-state index in [-0.39, 0.29) is 6.29 Å². The zero-order valence-electron chi connectivity index (χ0n) is 10.8. The summed E-state index contributed by atoms with van der Waals surface area (Å²) in [6, 6.07) is 5.79. The Morgan fingerprint density at radius 2 is 1.94 bits per heavy atom. The maximum atomic E-state index is 5.71. The van der Waals surface area contributed by atoms with Gasteiger partial charge in [-0.05, 0) is 32.0 Å². The van der Waals surface area contributed by atoms with E-state index in [4.69, 9.17) is 14.2 Å². The Bertz CT molecular complexity index is 373. The first kappa shape index (κ1) is 15.2. The third-order valence-corrected chi connectivity index (χ3v) is 2.77. The van der Waals surface area contributed by atoms with Crippen LogP contribution in [0.5, 0.6) is 5.75 Å². The van der Waals surface area contributed by atoms with Crippen LogP contribution in [0, 0.1) is 0 Å². The molecule has 0 bridgehead atoms. The van der Waals surface area contributed by atoms with Crippen molar-refractivity contribution in [3.8, 4) is 5.75 Å². The number of benzene rings is 1. The first-order valence-corrected chi connectivity index (χ1v) is 6.78. The largest absolute Gasteiger partial charge is 0.488 e. The second-order valence-corrected chi connectivity index (χ2v) is 4.45. The van der Waals surface area contributed by atoms with E-state index < -0.39 is 0 Å². The molecule has 1 aromatic carbocycles. The van der Waals surface area contributed by atoms with Crippen molar-refractivity contribution >= 4 is 22.0 Å². The summed E-state index contributed by atoms with van der Waals surface area (Å²) in [6.45, 7) is 9.20. The monoisotopic (exact) mass is 314 g/mol. The van der Waals surface area contributed by atoms with Crippen LogP contribution in [0.25, 0.3) is 6.08 Å². The highest BCUT2D eigenvalue weighted by atomic mass is 79.9. The highest BCUT2D eigenvalue weighted by Crippen LogP contribution is 2.24. The molecule has 0 spiro atoms. The predicted molar refractivity (Wildman–Crippen MR) is 76.8 cm³/mol. The molecule has 0 heterocycles. The lowest BCUT2D eigenvalue weighted by Gasteiger charge is -2.18. The van der Waals surface area contributed by atoms with Crippen LogP contribution in [0.1, 0.15) is 19.4 Å². The Kier molecular flexibility index (Phi) is 7.01. The molecule has 0 fully saturated rings. The van der Waals surface area contributed by atoms with E-state index in [0.29, 0.717) is 19.8 Å². The smallest absolute Gasteiger partial charge is 0.191 e. The normalized spacial score (nSPS) is 10.7. The van der Waals surface area contributed by atoms with Crippen molar-refractivity contribution in [3.63, 3.8) is 0 Å². The fraction of sp³-hybridized carbons (Fsp3) is 0.429. The minimum atomic E-state index is -0.332. The van der Waals surface area contributed by atoms with Crippen LogP contribution >= 0.6 is 15.9 Å². The summed E-state index contributed by atoms with van der Waals surface area (Å²) in [5.74, 6) is 0.776. The molecular formula is C14H19BrO3. The predicted octanol–water partition coefficient (Wildman–Crippen LogP) is 3.87. The van der Waals surface area contributed by atoms with Gasteiger partial charge < -0.3 is 14.2 Å². The lowest BCUT2D eigenvalue weighted by Crippen LogP contribution is -2.25. The van der Waals surface area contributed by atoms with Crippen molar-refractivity contribution in [1.29, 1.82) is 0 Å². The third-order valence-electron chi connectivity index (χ3n) is 2.27. The van der Waals surface area contributed by atoms with Crippen molar-refractivity contribution in [3.05, 3.63) is 34.8 Å². The molecule has 18 heavy (non-hydrogen) atoms. The van der Waals surface area contributed by atoms with E-state index in [1.807, 2.05) is 32.0 Å². The summed E-state index contributed by atoms with van der Waals surface area (Å²) in [7, 11) is 0. The minimum absolute atomic E-state index is 0.332. The lowest BCUT2D eigenvalue weighted by molar-refractivity contribution is -0.152. The number of rotatable bonds is 8. The van der Waals surface area contributed by atoms with E-state index >= 15 is 0 Å². The average Bonchev–Trinajstić information content (AvgIpc) is 2.37. The van der Waals surface area contributed by atoms with Crippen molar-refractivity contribution < 1.29 is 14.2 Å². The van der Waals surface area contributed by atoms with Gasteiger partial charge >= 0.3 is 0 Å². The summed E-state index contributed by atoms with van der Waals surface area (Å²) < 4.78 is 17.5. The van der Waals surface area contributed by atoms with Gasteiger partial charge in [0.05, 0.1) is 0 Å². The number of hydrogen-bond donors (Lipinski definition) is 0. The maximum absolute atomic E-state index is 5.71. The van der Waals surface area contributed by atoms with Crippen molar-refractivity contribution in [2.45, 2.75) is 20.1 Å². The lowest BCUT2D eigenvalue weighted by atomic mass is 10.2. The summed E-state index contributed by atoms with van der Waals surface area (Å²) in [5.41, 5.74) is 0.941. The first-order chi connectivity index (χ1) is 8.71. The molecule has 0 radical (unpaired) electrons. The Labute approximate surface area is 117 Å². The van der Waals surface area contributed by atoms with Crippen LogP contribution < -0.4 is 4.74 Å². The van der Waals surface area contributed by atoms with Gasteiger partial charge in [-0.15, -0.1) is 0 Å². The Morgan fingerprint density at radius 3 is 2.50 bits per heavy atom. The van der Waals surface area contributed by atoms with Gasteiger partial charge in [-0.2, -0.15) is 0 Å². The highest BCUT2D eigenvalue weighted by molar-refractivity contribution is 9.10. The highest BCUT2D eigenvalue weighted by Gasteiger charge is 2.10. The van der Waals surface area contributed by atoms with Crippen LogP contribution in [-0.2, 0) is 9.47 Å². The van der Waals surface area contributed by atoms with Gasteiger partial charge in [-0.3, -0.25) is 0 Å². The first-order valence-electron chi connectivity index (χ1n) is 5.99. The SMILES string of the molecule is C=Cc1cc(Br)ccc1OCC(OCC)OCC. The summed E-state index contributed by atoms with van der Waals surface area (Å²) >= 11 is 3.41. The van der Waals surface area contributed by atoms with Gasteiger partial charge in [0.25, 0.3) is 0 Å². The molecule has 1 aromatic rings. The van der Waals surface area contributed by atoms with Crippen LogP contribution in [0.4, 0.5) is 0 Å². The number of ether oxygens (including phenoxy) is 3. The molecule has 0 saturated carbocycles. The van der Waals surface area contributed by atoms with Crippen LogP contribution in [0.2, 0.25) is 0 Å². The Morgan fingerprint density at radius 1 is 1.28 bits per heavy atom. The standard InChI is InChI=1S/C14H19BrO3/c1-4-11-9-12(15)7-8-13(11)18-10-14(16-5-2)17-6-3/h4,7-9,14H,1,5-6,10H2,2-3H3. The topological polar surface area (TPSA) is 27.7 Å². The van der Waals surface area contributed by atoms with E-state index in [0.717, 1.165) is 15.8 Å². The molecule has 1 rings (SSSR count). The van der Waals surface area contributed by atoms with Gasteiger partial charge in [0.15, 0.2) is 6.29 Å². The zero-order valence-corrected chi connectivity index (χ0v) is 12.4. The fourth-order valence-corrected chi connectivity index (χ4v) is 1.86. The number of halogens is 1. The summed E-state index contributed by atoms with van der Waals surface area (Å²) in [4.78, 5) is 0. The van der Waals surface area contributed by atoms with Gasteiger partial charge in [-0.1, -0.05) is 28.6 Å². The van der Waals surface area contributed by atoms with E-state index in [2.05, 4.69) is 22.5 Å². The Hall–Kier alpha value is -0.840. The molecule has 0 aliphatic rings. The Balaban J connectivity index is 2.63. The van der Waals surface area contributed by atoms with Crippen molar-refractivity contribution in [1.82, 2.24) is 0 Å². The summed E-state index contributed by atoms with van der Waals surface area (Å²) in [6.07, 6.45) is 1.43. The molecule has 0 aliphatic carbocycles. The second kappa shape index (κ2) is 8.29. The fourth-order valence-electron chi connectivity index (χ4n) is 1.48. The molecule has 0 saturated heterocycles. The molecular weight excluding hydrogens is 296 g/mol. The quantitative estimate of drug-likeness (QED) is 0.682. The molecule has 4 heteroatoms. The van der Waals surface area contributed by atoms with Crippen molar-refractivity contribution in [2.75, 3.05) is 19.8 Å².